The molecule has 0 bridgehead atoms. The molecule has 0 saturated carbocycles. The smallest absolute Gasteiger partial charge is 0.261 e. The van der Waals surface area contributed by atoms with Crippen LogP contribution in [0, 0.1) is 0 Å². The fourth-order valence-electron chi connectivity index (χ4n) is 2.84. The molecule has 2 heterocycles. The van der Waals surface area contributed by atoms with E-state index in [0.29, 0.717) is 23.4 Å². The number of H-pyrrole nitrogens is 1. The van der Waals surface area contributed by atoms with Crippen molar-refractivity contribution < 1.29 is 14.3 Å². The maximum absolute atomic E-state index is 12.3. The van der Waals surface area contributed by atoms with Crippen molar-refractivity contribution in [1.82, 2.24) is 14.9 Å². The topological polar surface area (TPSA) is 75.3 Å². The number of benzene rings is 2. The Morgan fingerprint density at radius 1 is 1.12 bits per heavy atom. The minimum absolute atomic E-state index is 0.226. The number of aromatic amines is 1. The Hall–Kier alpha value is -2.80. The maximum Gasteiger partial charge on any atom is 0.261 e. The number of carbonyl (C=O) groups is 2. The molecule has 0 aliphatic carbocycles. The summed E-state index contributed by atoms with van der Waals surface area (Å²) in [5, 5.41) is 0.750. The molecule has 1 aliphatic rings. The number of nitrogens with zero attached hydrogens (tertiary/aromatic N) is 2. The zero-order valence-corrected chi connectivity index (χ0v) is 14.3. The van der Waals surface area contributed by atoms with Gasteiger partial charge in [-0.05, 0) is 24.3 Å². The lowest BCUT2D eigenvalue weighted by Crippen LogP contribution is -2.31. The third-order valence-corrected chi connectivity index (χ3v) is 4.95. The Balaban J connectivity index is 1.43. The number of rotatable bonds is 5. The molecule has 25 heavy (non-hydrogen) atoms. The quantitative estimate of drug-likeness (QED) is 0.564. The highest BCUT2D eigenvalue weighted by atomic mass is 32.2. The van der Waals surface area contributed by atoms with E-state index >= 15 is 0 Å². The summed E-state index contributed by atoms with van der Waals surface area (Å²) in [4.78, 5) is 33.6. The SMILES string of the molecule is COc1ccc2nc(SCCN3C(=O)c4ccccc4C3=O)[nH]c2c1. The van der Waals surface area contributed by atoms with Crippen molar-refractivity contribution in [3.8, 4) is 5.75 Å². The van der Waals surface area contributed by atoms with Crippen LogP contribution in [0.25, 0.3) is 11.0 Å². The molecule has 4 rings (SSSR count). The number of thioether (sulfide) groups is 1. The first-order chi connectivity index (χ1) is 12.2. The number of imide groups is 1. The molecule has 2 aromatic carbocycles. The van der Waals surface area contributed by atoms with E-state index in [1.165, 1.54) is 16.7 Å². The van der Waals surface area contributed by atoms with Gasteiger partial charge < -0.3 is 9.72 Å². The summed E-state index contributed by atoms with van der Waals surface area (Å²) in [7, 11) is 1.62. The molecule has 0 saturated heterocycles. The van der Waals surface area contributed by atoms with Crippen molar-refractivity contribution in [3.63, 3.8) is 0 Å². The average molecular weight is 353 g/mol. The van der Waals surface area contributed by atoms with Gasteiger partial charge in [0.15, 0.2) is 5.16 Å². The molecule has 1 N–H and O–H groups in total. The van der Waals surface area contributed by atoms with Crippen molar-refractivity contribution in [1.29, 1.82) is 0 Å². The molecule has 126 valence electrons. The molecule has 0 atom stereocenters. The Bertz CT molecular complexity index is 948. The molecule has 6 nitrogen and oxygen atoms in total. The van der Waals surface area contributed by atoms with E-state index in [2.05, 4.69) is 9.97 Å². The van der Waals surface area contributed by atoms with Crippen molar-refractivity contribution >= 4 is 34.6 Å². The number of methoxy groups -OCH3 is 1. The Labute approximate surface area is 148 Å². The second kappa shape index (κ2) is 6.25. The van der Waals surface area contributed by atoms with Crippen LogP contribution in [-0.4, -0.2) is 46.1 Å². The number of nitrogens with one attached hydrogen (secondary N) is 1. The minimum Gasteiger partial charge on any atom is -0.497 e. The zero-order valence-electron chi connectivity index (χ0n) is 13.5. The number of amides is 2. The summed E-state index contributed by atoms with van der Waals surface area (Å²) >= 11 is 1.48. The number of fused-ring (bicyclic) bond motifs is 2. The van der Waals surface area contributed by atoms with E-state index in [-0.39, 0.29) is 11.8 Å². The van der Waals surface area contributed by atoms with E-state index in [9.17, 15) is 9.59 Å². The highest BCUT2D eigenvalue weighted by Gasteiger charge is 2.34. The molecular weight excluding hydrogens is 338 g/mol. The van der Waals surface area contributed by atoms with Gasteiger partial charge in [0.25, 0.3) is 11.8 Å². The van der Waals surface area contributed by atoms with Gasteiger partial charge in [0.05, 0.1) is 29.3 Å². The Morgan fingerprint density at radius 2 is 1.84 bits per heavy atom. The molecule has 0 fully saturated rings. The van der Waals surface area contributed by atoms with Gasteiger partial charge in [-0.3, -0.25) is 14.5 Å². The molecule has 3 aromatic rings. The first kappa shape index (κ1) is 15.7. The molecule has 7 heteroatoms. The van der Waals surface area contributed by atoms with Gasteiger partial charge in [-0.25, -0.2) is 4.98 Å². The third kappa shape index (κ3) is 2.76. The van der Waals surface area contributed by atoms with Crippen molar-refractivity contribution in [3.05, 3.63) is 53.6 Å². The van der Waals surface area contributed by atoms with E-state index in [1.54, 1.807) is 31.4 Å². The lowest BCUT2D eigenvalue weighted by Gasteiger charge is -2.12. The van der Waals surface area contributed by atoms with Crippen LogP contribution < -0.4 is 4.74 Å². The van der Waals surface area contributed by atoms with Crippen LogP contribution in [0.2, 0.25) is 0 Å². The Kier molecular flexibility index (Phi) is 3.93. The van der Waals surface area contributed by atoms with Gasteiger partial charge in [0.1, 0.15) is 5.75 Å². The monoisotopic (exact) mass is 353 g/mol. The summed E-state index contributed by atoms with van der Waals surface area (Å²) in [6, 6.07) is 12.5. The van der Waals surface area contributed by atoms with Gasteiger partial charge in [-0.15, -0.1) is 0 Å². The number of hydrogen-bond acceptors (Lipinski definition) is 5. The lowest BCUT2D eigenvalue weighted by atomic mass is 10.1. The van der Waals surface area contributed by atoms with E-state index < -0.39 is 0 Å². The molecular formula is C18H15N3O3S. The molecule has 0 radical (unpaired) electrons. The fourth-order valence-corrected chi connectivity index (χ4v) is 3.65. The summed E-state index contributed by atoms with van der Waals surface area (Å²) in [5.74, 6) is 0.882. The van der Waals surface area contributed by atoms with Crippen LogP contribution >= 0.6 is 11.8 Å². The van der Waals surface area contributed by atoms with Crippen molar-refractivity contribution in [2.45, 2.75) is 5.16 Å². The third-order valence-electron chi connectivity index (χ3n) is 4.10. The Morgan fingerprint density at radius 3 is 2.52 bits per heavy atom. The fraction of sp³-hybridized carbons (Fsp3) is 0.167. The predicted octanol–water partition coefficient (Wildman–Crippen LogP) is 2.96. The highest BCUT2D eigenvalue weighted by Crippen LogP contribution is 2.25. The number of hydrogen-bond donors (Lipinski definition) is 1. The predicted molar refractivity (Wildman–Crippen MR) is 95.2 cm³/mol. The molecule has 1 aliphatic heterocycles. The van der Waals surface area contributed by atoms with Crippen molar-refractivity contribution in [2.75, 3.05) is 19.4 Å². The van der Waals surface area contributed by atoms with Gasteiger partial charge >= 0.3 is 0 Å². The van der Waals surface area contributed by atoms with Crippen LogP contribution in [0.5, 0.6) is 5.75 Å². The zero-order chi connectivity index (χ0) is 17.4. The standard InChI is InChI=1S/C18H15N3O3S/c1-24-11-6-7-14-15(10-11)20-18(19-14)25-9-8-21-16(22)12-4-2-3-5-13(12)17(21)23/h2-7,10H,8-9H2,1H3,(H,19,20). The normalized spacial score (nSPS) is 13.6. The van der Waals surface area contributed by atoms with Crippen LogP contribution in [0.1, 0.15) is 20.7 Å². The van der Waals surface area contributed by atoms with Crippen LogP contribution in [0.3, 0.4) is 0 Å². The lowest BCUT2D eigenvalue weighted by molar-refractivity contribution is 0.0664. The molecule has 2 amide bonds. The number of aromatic nitrogens is 2. The first-order valence-electron chi connectivity index (χ1n) is 7.79. The maximum atomic E-state index is 12.3. The summed E-state index contributed by atoms with van der Waals surface area (Å²) in [6.45, 7) is 0.345. The molecule has 0 unspecified atom stereocenters. The van der Waals surface area contributed by atoms with Crippen molar-refractivity contribution in [2.24, 2.45) is 0 Å². The van der Waals surface area contributed by atoms with Gasteiger partial charge in [0.2, 0.25) is 0 Å². The second-order valence-corrected chi connectivity index (χ2v) is 6.66. The largest absolute Gasteiger partial charge is 0.497 e. The van der Waals surface area contributed by atoms with Crippen LogP contribution in [0.4, 0.5) is 0 Å². The average Bonchev–Trinajstić information content (AvgIpc) is 3.15. The number of carbonyl (C=O) groups excluding carboxylic acids is 2. The number of imidazole rings is 1. The second-order valence-electron chi connectivity index (χ2n) is 5.58. The highest BCUT2D eigenvalue weighted by molar-refractivity contribution is 7.99. The summed E-state index contributed by atoms with van der Waals surface area (Å²) in [6.07, 6.45) is 0. The first-order valence-corrected chi connectivity index (χ1v) is 8.78. The van der Waals surface area contributed by atoms with Crippen LogP contribution in [0.15, 0.2) is 47.6 Å². The van der Waals surface area contributed by atoms with Crippen LogP contribution in [-0.2, 0) is 0 Å². The van der Waals surface area contributed by atoms with E-state index in [0.717, 1.165) is 21.9 Å². The molecule has 1 aromatic heterocycles. The van der Waals surface area contributed by atoms with E-state index in [1.807, 2.05) is 18.2 Å². The number of ether oxygens (including phenoxy) is 1. The summed E-state index contributed by atoms with van der Waals surface area (Å²) in [5.41, 5.74) is 2.70. The summed E-state index contributed by atoms with van der Waals surface area (Å²) < 4.78 is 5.20. The van der Waals surface area contributed by atoms with Gasteiger partial charge in [-0.2, -0.15) is 0 Å². The molecule has 0 spiro atoms. The minimum atomic E-state index is -0.226. The van der Waals surface area contributed by atoms with Gasteiger partial charge in [0, 0.05) is 18.4 Å². The van der Waals surface area contributed by atoms with E-state index in [4.69, 9.17) is 4.74 Å². The van der Waals surface area contributed by atoms with Gasteiger partial charge in [-0.1, -0.05) is 23.9 Å².